The Bertz CT molecular complexity index is 339. The van der Waals surface area contributed by atoms with Crippen molar-refractivity contribution in [2.75, 3.05) is 12.4 Å². The number of carbonyl (C=O) groups excluding carboxylic acids is 1. The molecule has 1 N–H and O–H groups in total. The first-order valence-corrected chi connectivity index (χ1v) is 7.87. The molecule has 0 saturated carbocycles. The Morgan fingerprint density at radius 2 is 2.00 bits per heavy atom. The number of cyclic esters (lactones) is 1. The smallest absolute Gasteiger partial charge is 0.324 e. The molecule has 0 bridgehead atoms. The van der Waals surface area contributed by atoms with Crippen LogP contribution in [0.4, 0.5) is 0 Å². The molecule has 1 aliphatic rings. The van der Waals surface area contributed by atoms with Gasteiger partial charge in [-0.1, -0.05) is 32.6 Å². The van der Waals surface area contributed by atoms with Crippen molar-refractivity contribution in [3.63, 3.8) is 0 Å². The molecular weight excluding hydrogens is 242 g/mol. The van der Waals surface area contributed by atoms with Gasteiger partial charge in [0.15, 0.2) is 0 Å². The van der Waals surface area contributed by atoms with Crippen molar-refractivity contribution in [2.45, 2.75) is 51.5 Å². The molecule has 1 saturated heterocycles. The van der Waals surface area contributed by atoms with E-state index in [2.05, 4.69) is 11.6 Å². The predicted molar refractivity (Wildman–Crippen MR) is 65.0 cm³/mol. The van der Waals surface area contributed by atoms with Gasteiger partial charge in [0.1, 0.15) is 6.04 Å². The fourth-order valence-electron chi connectivity index (χ4n) is 1.77. The van der Waals surface area contributed by atoms with E-state index in [1.807, 2.05) is 0 Å². The maximum absolute atomic E-state index is 11.6. The summed E-state index contributed by atoms with van der Waals surface area (Å²) >= 11 is 0. The molecule has 0 radical (unpaired) electrons. The Hall–Kier alpha value is -0.620. The first-order valence-electron chi connectivity index (χ1n) is 6.22. The molecule has 0 spiro atoms. The van der Waals surface area contributed by atoms with Gasteiger partial charge in [-0.3, -0.25) is 4.79 Å². The van der Waals surface area contributed by atoms with Gasteiger partial charge >= 0.3 is 5.97 Å². The molecule has 0 aromatic heterocycles. The lowest BCUT2D eigenvalue weighted by Gasteiger charge is -2.09. The van der Waals surface area contributed by atoms with Crippen LogP contribution in [0.15, 0.2) is 0 Å². The van der Waals surface area contributed by atoms with Crippen LogP contribution in [-0.4, -0.2) is 32.8 Å². The minimum Gasteiger partial charge on any atom is -0.464 e. The number of sulfonamides is 1. The van der Waals surface area contributed by atoms with E-state index in [1.54, 1.807) is 0 Å². The van der Waals surface area contributed by atoms with Crippen molar-refractivity contribution in [1.82, 2.24) is 4.72 Å². The number of ether oxygens (including phenoxy) is 1. The van der Waals surface area contributed by atoms with Gasteiger partial charge < -0.3 is 4.74 Å². The molecule has 0 amide bonds. The van der Waals surface area contributed by atoms with Crippen molar-refractivity contribution >= 4 is 16.0 Å². The Morgan fingerprint density at radius 1 is 1.29 bits per heavy atom. The Kier molecular flexibility index (Phi) is 5.91. The summed E-state index contributed by atoms with van der Waals surface area (Å²) in [5.41, 5.74) is 0. The minimum atomic E-state index is -3.34. The first-order chi connectivity index (χ1) is 8.05. The van der Waals surface area contributed by atoms with Gasteiger partial charge in [0.2, 0.25) is 10.0 Å². The zero-order valence-corrected chi connectivity index (χ0v) is 11.1. The summed E-state index contributed by atoms with van der Waals surface area (Å²) in [4.78, 5) is 11.1. The molecule has 1 atom stereocenters. The second kappa shape index (κ2) is 6.96. The van der Waals surface area contributed by atoms with Crippen LogP contribution in [0.3, 0.4) is 0 Å². The third-order valence-corrected chi connectivity index (χ3v) is 4.24. The number of nitrogens with one attached hydrogen (secondary N) is 1. The van der Waals surface area contributed by atoms with Crippen molar-refractivity contribution in [1.29, 1.82) is 0 Å². The Labute approximate surface area is 103 Å². The molecule has 1 rings (SSSR count). The fraction of sp³-hybridized carbons (Fsp3) is 0.909. The van der Waals surface area contributed by atoms with E-state index >= 15 is 0 Å². The first kappa shape index (κ1) is 14.4. The van der Waals surface area contributed by atoms with E-state index in [9.17, 15) is 13.2 Å². The van der Waals surface area contributed by atoms with E-state index in [-0.39, 0.29) is 5.75 Å². The van der Waals surface area contributed by atoms with E-state index in [0.717, 1.165) is 25.7 Å². The van der Waals surface area contributed by atoms with Crippen LogP contribution in [0.25, 0.3) is 0 Å². The lowest BCUT2D eigenvalue weighted by molar-refractivity contribution is -0.139. The molecule has 100 valence electrons. The number of unbranched alkanes of at least 4 members (excludes halogenated alkanes) is 4. The number of hydrogen-bond acceptors (Lipinski definition) is 4. The highest BCUT2D eigenvalue weighted by Gasteiger charge is 2.30. The predicted octanol–water partition coefficient (Wildman–Crippen LogP) is 1.19. The molecule has 0 aliphatic carbocycles. The van der Waals surface area contributed by atoms with Gasteiger partial charge in [0, 0.05) is 6.42 Å². The molecule has 6 heteroatoms. The van der Waals surface area contributed by atoms with Crippen LogP contribution >= 0.6 is 0 Å². The highest BCUT2D eigenvalue weighted by Crippen LogP contribution is 2.09. The number of hydrogen-bond donors (Lipinski definition) is 1. The number of carbonyl (C=O) groups is 1. The van der Waals surface area contributed by atoms with Gasteiger partial charge in [-0.2, -0.15) is 0 Å². The minimum absolute atomic E-state index is 0.0977. The van der Waals surface area contributed by atoms with Crippen molar-refractivity contribution < 1.29 is 17.9 Å². The maximum atomic E-state index is 11.6. The third kappa shape index (κ3) is 5.50. The molecule has 1 heterocycles. The highest BCUT2D eigenvalue weighted by atomic mass is 32.2. The van der Waals surface area contributed by atoms with Crippen LogP contribution in [0.5, 0.6) is 0 Å². The second-order valence-electron chi connectivity index (χ2n) is 4.36. The van der Waals surface area contributed by atoms with Crippen molar-refractivity contribution in [2.24, 2.45) is 0 Å². The molecule has 17 heavy (non-hydrogen) atoms. The normalized spacial score (nSPS) is 20.5. The van der Waals surface area contributed by atoms with Crippen LogP contribution in [0, 0.1) is 0 Å². The molecule has 5 nitrogen and oxygen atoms in total. The summed E-state index contributed by atoms with van der Waals surface area (Å²) in [6.45, 7) is 2.42. The fourth-order valence-corrected chi connectivity index (χ4v) is 3.12. The summed E-state index contributed by atoms with van der Waals surface area (Å²) in [5.74, 6) is -0.361. The van der Waals surface area contributed by atoms with E-state index in [0.29, 0.717) is 19.4 Å². The van der Waals surface area contributed by atoms with Gasteiger partial charge in [0.05, 0.1) is 12.4 Å². The maximum Gasteiger partial charge on any atom is 0.324 e. The second-order valence-corrected chi connectivity index (χ2v) is 6.23. The monoisotopic (exact) mass is 263 g/mol. The summed E-state index contributed by atoms with van der Waals surface area (Å²) in [6.07, 6.45) is 5.35. The summed E-state index contributed by atoms with van der Waals surface area (Å²) < 4.78 is 30.4. The largest absolute Gasteiger partial charge is 0.464 e. The van der Waals surface area contributed by atoms with Crippen LogP contribution in [-0.2, 0) is 19.6 Å². The van der Waals surface area contributed by atoms with Gasteiger partial charge in [-0.25, -0.2) is 13.1 Å². The Morgan fingerprint density at radius 3 is 2.59 bits per heavy atom. The van der Waals surface area contributed by atoms with Crippen LogP contribution in [0.1, 0.15) is 45.4 Å². The zero-order chi connectivity index (χ0) is 12.7. The van der Waals surface area contributed by atoms with E-state index in [4.69, 9.17) is 4.74 Å². The molecule has 0 unspecified atom stereocenters. The standard InChI is InChI=1S/C11H21NO4S/c1-2-3-4-5-6-9-17(14,15)12-10-7-8-16-11(10)13/h10,12H,2-9H2,1H3/t10-/m0/s1. The van der Waals surface area contributed by atoms with Gasteiger partial charge in [-0.15, -0.1) is 0 Å². The summed E-state index contributed by atoms with van der Waals surface area (Å²) in [6, 6.07) is -0.671. The van der Waals surface area contributed by atoms with Crippen molar-refractivity contribution in [3.8, 4) is 0 Å². The zero-order valence-electron chi connectivity index (χ0n) is 10.3. The molecule has 1 aliphatic heterocycles. The lowest BCUT2D eigenvalue weighted by Crippen LogP contribution is -2.39. The molecule has 0 aromatic carbocycles. The topological polar surface area (TPSA) is 72.5 Å². The average molecular weight is 263 g/mol. The van der Waals surface area contributed by atoms with Gasteiger partial charge in [-0.05, 0) is 6.42 Å². The summed E-state index contributed by atoms with van der Waals surface area (Å²) in [7, 11) is -3.34. The van der Waals surface area contributed by atoms with Crippen LogP contribution < -0.4 is 4.72 Å². The van der Waals surface area contributed by atoms with E-state index < -0.39 is 22.0 Å². The van der Waals surface area contributed by atoms with Crippen molar-refractivity contribution in [3.05, 3.63) is 0 Å². The quantitative estimate of drug-likeness (QED) is 0.527. The number of esters is 1. The molecule has 0 aromatic rings. The lowest BCUT2D eigenvalue weighted by atomic mass is 10.2. The third-order valence-electron chi connectivity index (χ3n) is 2.77. The highest BCUT2D eigenvalue weighted by molar-refractivity contribution is 7.89. The Balaban J connectivity index is 2.23. The van der Waals surface area contributed by atoms with Gasteiger partial charge in [0.25, 0.3) is 0 Å². The van der Waals surface area contributed by atoms with Crippen LogP contribution in [0.2, 0.25) is 0 Å². The SMILES string of the molecule is CCCCCCCS(=O)(=O)N[C@H]1CCOC1=O. The molecule has 1 fully saturated rings. The summed E-state index contributed by atoms with van der Waals surface area (Å²) in [5, 5.41) is 0. The van der Waals surface area contributed by atoms with E-state index in [1.165, 1.54) is 0 Å². The molecular formula is C11H21NO4S. The number of rotatable bonds is 8. The average Bonchev–Trinajstić information content (AvgIpc) is 2.63.